The molecule has 3 atom stereocenters. The molecule has 3 rings (SSSR count). The topological polar surface area (TPSA) is 80.5 Å². The second kappa shape index (κ2) is 3.28. The lowest BCUT2D eigenvalue weighted by molar-refractivity contribution is -0.127. The molecule has 1 saturated heterocycles. The number of amides is 1. The molecule has 2 aliphatic carbocycles. The van der Waals surface area contributed by atoms with Gasteiger partial charge in [0.2, 0.25) is 15.9 Å². The molecule has 6 heteroatoms. The lowest BCUT2D eigenvalue weighted by Gasteiger charge is -2.37. The van der Waals surface area contributed by atoms with Gasteiger partial charge in [0, 0.05) is 5.41 Å². The maximum absolute atomic E-state index is 12.3. The molecule has 1 amide bonds. The average Bonchev–Trinajstić information content (AvgIpc) is 2.74. The Balaban J connectivity index is 2.11. The van der Waals surface area contributed by atoms with Crippen molar-refractivity contribution in [2.45, 2.75) is 39.2 Å². The molecule has 102 valence electrons. The van der Waals surface area contributed by atoms with Crippen LogP contribution < -0.4 is 5.73 Å². The first-order valence-electron chi connectivity index (χ1n) is 6.51. The van der Waals surface area contributed by atoms with Gasteiger partial charge in [0.15, 0.2) is 0 Å². The number of hydrogen-bond acceptors (Lipinski definition) is 4. The van der Waals surface area contributed by atoms with E-state index in [1.54, 1.807) is 0 Å². The minimum Gasteiger partial charge on any atom is -0.322 e. The largest absolute Gasteiger partial charge is 0.322 e. The highest BCUT2D eigenvalue weighted by molar-refractivity contribution is 7.90. The normalized spacial score (nSPS) is 43.2. The molecule has 2 N–H and O–H groups in total. The number of sulfonamides is 1. The lowest BCUT2D eigenvalue weighted by atomic mass is 9.69. The SMILES string of the molecule is CC1(C)C2CC[C@@]13CS(=O)(=O)N(C(=O)CN)[C@H]3C2. The maximum atomic E-state index is 12.3. The fourth-order valence-corrected chi connectivity index (χ4v) is 7.27. The van der Waals surface area contributed by atoms with E-state index in [0.717, 1.165) is 23.6 Å². The first-order chi connectivity index (χ1) is 8.26. The number of carbonyl (C=O) groups excluding carboxylic acids is 1. The van der Waals surface area contributed by atoms with Gasteiger partial charge in [-0.15, -0.1) is 0 Å². The van der Waals surface area contributed by atoms with Crippen molar-refractivity contribution >= 4 is 15.9 Å². The van der Waals surface area contributed by atoms with Gasteiger partial charge in [-0.1, -0.05) is 13.8 Å². The van der Waals surface area contributed by atoms with Crippen LogP contribution in [0, 0.1) is 16.7 Å². The molecule has 0 radical (unpaired) electrons. The molecule has 1 heterocycles. The molecule has 5 nitrogen and oxygen atoms in total. The van der Waals surface area contributed by atoms with Gasteiger partial charge in [0.1, 0.15) is 0 Å². The van der Waals surface area contributed by atoms with E-state index in [1.165, 1.54) is 0 Å². The van der Waals surface area contributed by atoms with E-state index in [0.29, 0.717) is 5.92 Å². The molecule has 0 aromatic rings. The van der Waals surface area contributed by atoms with Crippen LogP contribution in [0.15, 0.2) is 0 Å². The van der Waals surface area contributed by atoms with E-state index in [4.69, 9.17) is 5.73 Å². The van der Waals surface area contributed by atoms with E-state index >= 15 is 0 Å². The Morgan fingerprint density at radius 3 is 2.67 bits per heavy atom. The van der Waals surface area contributed by atoms with Crippen molar-refractivity contribution in [2.24, 2.45) is 22.5 Å². The zero-order valence-corrected chi connectivity index (χ0v) is 11.7. The highest BCUT2D eigenvalue weighted by Crippen LogP contribution is 2.69. The number of nitrogens with two attached hydrogens (primary N) is 1. The number of carbonyl (C=O) groups is 1. The minimum atomic E-state index is -3.47. The van der Waals surface area contributed by atoms with Gasteiger partial charge < -0.3 is 5.73 Å². The standard InChI is InChI=1S/C12H20N2O3S/c1-11(2)8-3-4-12(11)7-18(16,17)14(9(12)5-8)10(15)6-13/h8-9H,3-7,13H2,1-2H3/t8?,9-,12-/m0/s1. The summed E-state index contributed by atoms with van der Waals surface area (Å²) in [6, 6.07) is -0.146. The molecule has 2 bridgehead atoms. The summed E-state index contributed by atoms with van der Waals surface area (Å²) < 4.78 is 25.7. The van der Waals surface area contributed by atoms with Crippen molar-refractivity contribution in [3.63, 3.8) is 0 Å². The predicted molar refractivity (Wildman–Crippen MR) is 67.0 cm³/mol. The number of nitrogens with zero attached hydrogens (tertiary/aromatic N) is 1. The second-order valence-corrected chi connectivity index (χ2v) is 8.36. The van der Waals surface area contributed by atoms with Crippen LogP contribution in [-0.2, 0) is 14.8 Å². The second-order valence-electron chi connectivity index (χ2n) is 6.51. The van der Waals surface area contributed by atoms with Crippen LogP contribution >= 0.6 is 0 Å². The molecule has 1 unspecified atom stereocenters. The molecule has 2 saturated carbocycles. The fraction of sp³-hybridized carbons (Fsp3) is 0.917. The van der Waals surface area contributed by atoms with Gasteiger partial charge in [-0.05, 0) is 30.6 Å². The van der Waals surface area contributed by atoms with Gasteiger partial charge in [0.25, 0.3) is 0 Å². The Hall–Kier alpha value is -0.620. The molecular formula is C12H20N2O3S. The van der Waals surface area contributed by atoms with Crippen LogP contribution in [0.3, 0.4) is 0 Å². The Morgan fingerprint density at radius 1 is 1.44 bits per heavy atom. The Bertz CT molecular complexity index is 513. The summed E-state index contributed by atoms with van der Waals surface area (Å²) in [5.41, 5.74) is 5.14. The molecule has 1 aliphatic heterocycles. The summed E-state index contributed by atoms with van der Waals surface area (Å²) in [6.45, 7) is 4.10. The third-order valence-electron chi connectivity index (χ3n) is 5.83. The van der Waals surface area contributed by atoms with Crippen LogP contribution in [0.4, 0.5) is 0 Å². The van der Waals surface area contributed by atoms with Crippen LogP contribution in [-0.4, -0.2) is 37.0 Å². The number of rotatable bonds is 1. The molecule has 3 aliphatic rings. The van der Waals surface area contributed by atoms with E-state index < -0.39 is 15.9 Å². The summed E-state index contributed by atoms with van der Waals surface area (Å²) in [4.78, 5) is 11.9. The summed E-state index contributed by atoms with van der Waals surface area (Å²) in [5, 5.41) is 0. The highest BCUT2D eigenvalue weighted by atomic mass is 32.2. The summed E-state index contributed by atoms with van der Waals surface area (Å²) in [7, 11) is -3.47. The monoisotopic (exact) mass is 272 g/mol. The van der Waals surface area contributed by atoms with Crippen molar-refractivity contribution in [3.05, 3.63) is 0 Å². The number of fused-ring (bicyclic) bond motifs is 1. The maximum Gasteiger partial charge on any atom is 0.250 e. The minimum absolute atomic E-state index is 0.00830. The zero-order valence-electron chi connectivity index (χ0n) is 10.8. The quantitative estimate of drug-likeness (QED) is 0.745. The molecule has 0 aromatic heterocycles. The summed E-state index contributed by atoms with van der Waals surface area (Å²) in [5.74, 6) is 0.214. The molecule has 1 spiro atoms. The van der Waals surface area contributed by atoms with E-state index in [9.17, 15) is 13.2 Å². The van der Waals surface area contributed by atoms with E-state index in [1.807, 2.05) is 0 Å². The molecule has 0 aromatic carbocycles. The molecular weight excluding hydrogens is 252 g/mol. The van der Waals surface area contributed by atoms with Gasteiger partial charge >= 0.3 is 0 Å². The first-order valence-corrected chi connectivity index (χ1v) is 8.12. The fourth-order valence-electron chi connectivity index (χ4n) is 4.71. The van der Waals surface area contributed by atoms with Gasteiger partial charge in [0.05, 0.1) is 18.3 Å². The van der Waals surface area contributed by atoms with Crippen LogP contribution in [0.2, 0.25) is 0 Å². The van der Waals surface area contributed by atoms with Crippen molar-refractivity contribution in [1.29, 1.82) is 0 Å². The van der Waals surface area contributed by atoms with Gasteiger partial charge in [-0.25, -0.2) is 12.7 Å². The first kappa shape index (κ1) is 12.4. The van der Waals surface area contributed by atoms with Crippen LogP contribution in [0.25, 0.3) is 0 Å². The van der Waals surface area contributed by atoms with Crippen molar-refractivity contribution in [2.75, 3.05) is 12.3 Å². The predicted octanol–water partition coefficient (Wildman–Crippen LogP) is 0.312. The van der Waals surface area contributed by atoms with Gasteiger partial charge in [-0.2, -0.15) is 0 Å². The lowest BCUT2D eigenvalue weighted by Crippen LogP contribution is -2.46. The van der Waals surface area contributed by atoms with Crippen LogP contribution in [0.5, 0.6) is 0 Å². The zero-order chi connectivity index (χ0) is 13.3. The summed E-state index contributed by atoms with van der Waals surface area (Å²) in [6.07, 6.45) is 2.82. The van der Waals surface area contributed by atoms with E-state index in [-0.39, 0.29) is 29.2 Å². The highest BCUT2D eigenvalue weighted by Gasteiger charge is 2.72. The average molecular weight is 272 g/mol. The molecule has 3 fully saturated rings. The third kappa shape index (κ3) is 1.16. The Kier molecular flexibility index (Phi) is 2.26. The smallest absolute Gasteiger partial charge is 0.250 e. The van der Waals surface area contributed by atoms with Crippen LogP contribution in [0.1, 0.15) is 33.1 Å². The van der Waals surface area contributed by atoms with Gasteiger partial charge in [-0.3, -0.25) is 4.79 Å². The number of hydrogen-bond donors (Lipinski definition) is 1. The van der Waals surface area contributed by atoms with Crippen molar-refractivity contribution < 1.29 is 13.2 Å². The summed E-state index contributed by atoms with van der Waals surface area (Å²) >= 11 is 0. The van der Waals surface area contributed by atoms with Crippen molar-refractivity contribution in [3.8, 4) is 0 Å². The molecule has 18 heavy (non-hydrogen) atoms. The Labute approximate surface area is 108 Å². The van der Waals surface area contributed by atoms with Crippen molar-refractivity contribution in [1.82, 2.24) is 4.31 Å². The Morgan fingerprint density at radius 2 is 2.11 bits per heavy atom. The van der Waals surface area contributed by atoms with E-state index in [2.05, 4.69) is 13.8 Å². The third-order valence-corrected chi connectivity index (χ3v) is 7.77.